The van der Waals surface area contributed by atoms with E-state index in [4.69, 9.17) is 9.26 Å². The van der Waals surface area contributed by atoms with Gasteiger partial charge in [-0.2, -0.15) is 4.98 Å². The van der Waals surface area contributed by atoms with Crippen LogP contribution in [0.5, 0.6) is 0 Å². The number of aromatic nitrogens is 4. The maximum Gasteiger partial charge on any atom is 0.234 e. The van der Waals surface area contributed by atoms with Crippen molar-refractivity contribution >= 4 is 0 Å². The third-order valence-corrected chi connectivity index (χ3v) is 3.22. The molecule has 0 aliphatic carbocycles. The molecule has 0 radical (unpaired) electrons. The van der Waals surface area contributed by atoms with Gasteiger partial charge in [-0.3, -0.25) is 0 Å². The average molecular weight is 261 g/mol. The Morgan fingerprint density at radius 3 is 3.00 bits per heavy atom. The summed E-state index contributed by atoms with van der Waals surface area (Å²) in [6, 6.07) is 1.97. The summed E-state index contributed by atoms with van der Waals surface area (Å²) in [5, 5.41) is 7.17. The lowest BCUT2D eigenvalue weighted by Gasteiger charge is -2.11. The van der Waals surface area contributed by atoms with Crippen LogP contribution in [0, 0.1) is 6.92 Å². The molecule has 7 heteroatoms. The molecule has 0 aromatic carbocycles. The fourth-order valence-corrected chi connectivity index (χ4v) is 2.15. The van der Waals surface area contributed by atoms with Crippen LogP contribution in [-0.2, 0) is 4.74 Å². The van der Waals surface area contributed by atoms with Gasteiger partial charge in [0.15, 0.2) is 0 Å². The van der Waals surface area contributed by atoms with Gasteiger partial charge in [0.1, 0.15) is 11.5 Å². The minimum absolute atomic E-state index is 0.0918. The lowest BCUT2D eigenvalue weighted by Crippen LogP contribution is -2.31. The first-order chi connectivity index (χ1) is 9.28. The fraction of sp³-hybridized carbons (Fsp3) is 0.500. The van der Waals surface area contributed by atoms with E-state index >= 15 is 0 Å². The van der Waals surface area contributed by atoms with Crippen LogP contribution in [0.1, 0.15) is 17.6 Å². The van der Waals surface area contributed by atoms with Gasteiger partial charge < -0.3 is 14.6 Å². The summed E-state index contributed by atoms with van der Waals surface area (Å²) in [6.45, 7) is 3.08. The van der Waals surface area contributed by atoms with E-state index < -0.39 is 0 Å². The first-order valence-electron chi connectivity index (χ1n) is 6.16. The second-order valence-corrected chi connectivity index (χ2v) is 4.48. The highest BCUT2D eigenvalue weighted by Crippen LogP contribution is 2.25. The van der Waals surface area contributed by atoms with Gasteiger partial charge in [-0.25, -0.2) is 9.97 Å². The number of nitrogens with one attached hydrogen (secondary N) is 1. The zero-order valence-corrected chi connectivity index (χ0v) is 10.8. The predicted molar refractivity (Wildman–Crippen MR) is 66.5 cm³/mol. The van der Waals surface area contributed by atoms with Crippen molar-refractivity contribution < 1.29 is 9.26 Å². The molecule has 0 bridgehead atoms. The first kappa shape index (κ1) is 12.2. The maximum atomic E-state index is 5.43. The van der Waals surface area contributed by atoms with Crippen LogP contribution < -0.4 is 5.32 Å². The number of hydrogen-bond acceptors (Lipinski definition) is 7. The molecule has 19 heavy (non-hydrogen) atoms. The second kappa shape index (κ2) is 5.02. The number of rotatable bonds is 3. The minimum Gasteiger partial charge on any atom is -0.379 e. The van der Waals surface area contributed by atoms with Crippen LogP contribution in [0.2, 0.25) is 0 Å². The standard InChI is InChI=1S/C12H15N5O2/c1-7-14-4-3-9(15-7)11-16-12(19-17-11)8-5-18-6-10(8)13-2/h3-4,8,10,13H,5-6H2,1-2H3. The summed E-state index contributed by atoms with van der Waals surface area (Å²) in [5.74, 6) is 1.85. The van der Waals surface area contributed by atoms with Gasteiger partial charge in [-0.05, 0) is 20.0 Å². The van der Waals surface area contributed by atoms with E-state index in [1.54, 1.807) is 12.3 Å². The average Bonchev–Trinajstić information content (AvgIpc) is 3.07. The third kappa shape index (κ3) is 2.34. The number of nitrogens with zero attached hydrogens (tertiary/aromatic N) is 4. The largest absolute Gasteiger partial charge is 0.379 e. The Kier molecular flexibility index (Phi) is 3.22. The molecule has 2 atom stereocenters. The molecule has 1 saturated heterocycles. The molecule has 1 aliphatic heterocycles. The molecular formula is C12H15N5O2. The molecule has 0 saturated carbocycles. The topological polar surface area (TPSA) is 86.0 Å². The van der Waals surface area contributed by atoms with E-state index in [0.717, 1.165) is 0 Å². The molecule has 1 aliphatic rings. The van der Waals surface area contributed by atoms with Crippen LogP contribution >= 0.6 is 0 Å². The van der Waals surface area contributed by atoms with E-state index in [9.17, 15) is 0 Å². The highest BCUT2D eigenvalue weighted by molar-refractivity contribution is 5.47. The molecule has 1 fully saturated rings. The Balaban J connectivity index is 1.87. The van der Waals surface area contributed by atoms with Crippen LogP contribution in [0.15, 0.2) is 16.8 Å². The van der Waals surface area contributed by atoms with E-state index in [1.165, 1.54) is 0 Å². The molecule has 0 spiro atoms. The second-order valence-electron chi connectivity index (χ2n) is 4.48. The number of aryl methyl sites for hydroxylation is 1. The molecule has 100 valence electrons. The van der Waals surface area contributed by atoms with Crippen molar-refractivity contribution in [3.63, 3.8) is 0 Å². The molecular weight excluding hydrogens is 246 g/mol. The van der Waals surface area contributed by atoms with Crippen molar-refractivity contribution in [2.24, 2.45) is 0 Å². The molecule has 1 N–H and O–H groups in total. The summed E-state index contributed by atoms with van der Waals surface area (Å²) in [7, 11) is 1.90. The normalized spacial score (nSPS) is 22.8. The van der Waals surface area contributed by atoms with Gasteiger partial charge in [-0.15, -0.1) is 0 Å². The summed E-state index contributed by atoms with van der Waals surface area (Å²) < 4.78 is 10.8. The molecule has 2 aromatic heterocycles. The van der Waals surface area contributed by atoms with Crippen molar-refractivity contribution in [1.29, 1.82) is 0 Å². The Morgan fingerprint density at radius 2 is 2.21 bits per heavy atom. The molecule has 2 aromatic rings. The Labute approximate surface area is 110 Å². The van der Waals surface area contributed by atoms with Gasteiger partial charge in [0.2, 0.25) is 11.7 Å². The Hall–Kier alpha value is -1.86. The van der Waals surface area contributed by atoms with Crippen LogP contribution in [-0.4, -0.2) is 46.4 Å². The smallest absolute Gasteiger partial charge is 0.234 e. The highest BCUT2D eigenvalue weighted by Gasteiger charge is 2.33. The zero-order chi connectivity index (χ0) is 13.2. The van der Waals surface area contributed by atoms with Crippen LogP contribution in [0.25, 0.3) is 11.5 Å². The predicted octanol–water partition coefficient (Wildman–Crippen LogP) is 0.537. The molecule has 3 rings (SSSR count). The van der Waals surface area contributed by atoms with Gasteiger partial charge in [0.05, 0.1) is 19.1 Å². The van der Waals surface area contributed by atoms with Crippen molar-refractivity contribution in [2.75, 3.05) is 20.3 Å². The quantitative estimate of drug-likeness (QED) is 0.862. The minimum atomic E-state index is 0.0918. The summed E-state index contributed by atoms with van der Waals surface area (Å²) >= 11 is 0. The number of ether oxygens (including phenoxy) is 1. The van der Waals surface area contributed by atoms with Crippen molar-refractivity contribution in [2.45, 2.75) is 18.9 Å². The van der Waals surface area contributed by atoms with Crippen LogP contribution in [0.3, 0.4) is 0 Å². The monoisotopic (exact) mass is 261 g/mol. The summed E-state index contributed by atoms with van der Waals surface area (Å²) in [4.78, 5) is 12.7. The SMILES string of the molecule is CNC1COCC1c1nc(-c2ccnc(C)n2)no1. The lowest BCUT2D eigenvalue weighted by atomic mass is 10.0. The van der Waals surface area contributed by atoms with E-state index in [-0.39, 0.29) is 12.0 Å². The van der Waals surface area contributed by atoms with Crippen molar-refractivity contribution in [3.8, 4) is 11.5 Å². The van der Waals surface area contributed by atoms with Gasteiger partial charge in [0, 0.05) is 12.2 Å². The molecule has 2 unspecified atom stereocenters. The van der Waals surface area contributed by atoms with Gasteiger partial charge in [0.25, 0.3) is 0 Å². The number of likely N-dealkylation sites (N-methyl/N-ethyl adjacent to an activating group) is 1. The highest BCUT2D eigenvalue weighted by atomic mass is 16.5. The molecule has 3 heterocycles. The van der Waals surface area contributed by atoms with E-state index in [0.29, 0.717) is 36.4 Å². The van der Waals surface area contributed by atoms with E-state index in [1.807, 2.05) is 14.0 Å². The summed E-state index contributed by atoms with van der Waals surface area (Å²) in [6.07, 6.45) is 1.68. The lowest BCUT2D eigenvalue weighted by molar-refractivity contribution is 0.185. The fourth-order valence-electron chi connectivity index (χ4n) is 2.15. The van der Waals surface area contributed by atoms with Crippen LogP contribution in [0.4, 0.5) is 0 Å². The number of hydrogen-bond donors (Lipinski definition) is 1. The Morgan fingerprint density at radius 1 is 1.32 bits per heavy atom. The van der Waals surface area contributed by atoms with Gasteiger partial charge in [-0.1, -0.05) is 5.16 Å². The maximum absolute atomic E-state index is 5.43. The van der Waals surface area contributed by atoms with Crippen molar-refractivity contribution in [3.05, 3.63) is 24.0 Å². The van der Waals surface area contributed by atoms with Crippen molar-refractivity contribution in [1.82, 2.24) is 25.4 Å². The zero-order valence-electron chi connectivity index (χ0n) is 10.8. The Bertz CT molecular complexity index is 571. The molecule has 0 amide bonds. The van der Waals surface area contributed by atoms with E-state index in [2.05, 4.69) is 25.4 Å². The molecule has 7 nitrogen and oxygen atoms in total. The van der Waals surface area contributed by atoms with Gasteiger partial charge >= 0.3 is 0 Å². The first-order valence-corrected chi connectivity index (χ1v) is 6.16. The summed E-state index contributed by atoms with van der Waals surface area (Å²) in [5.41, 5.74) is 0.669. The third-order valence-electron chi connectivity index (χ3n) is 3.22.